The number of fused-ring (bicyclic) bond motifs is 1. The zero-order valence-electron chi connectivity index (χ0n) is 17.6. The number of amides is 1. The molecule has 2 heterocycles. The number of nitrogens with zero attached hydrogens (tertiary/aromatic N) is 1. The number of piperidine rings is 1. The van der Waals surface area contributed by atoms with E-state index in [9.17, 15) is 13.2 Å². The van der Waals surface area contributed by atoms with Crippen LogP contribution in [0.25, 0.3) is 0 Å². The summed E-state index contributed by atoms with van der Waals surface area (Å²) < 4.78 is 43.5. The maximum absolute atomic E-state index is 13.1. The Morgan fingerprint density at radius 2 is 2.00 bits per heavy atom. The van der Waals surface area contributed by atoms with Crippen LogP contribution in [0.2, 0.25) is 0 Å². The van der Waals surface area contributed by atoms with Gasteiger partial charge in [-0.15, -0.1) is 0 Å². The highest BCUT2D eigenvalue weighted by molar-refractivity contribution is 7.89. The molecule has 1 saturated heterocycles. The molecule has 0 radical (unpaired) electrons. The van der Waals surface area contributed by atoms with Crippen LogP contribution in [-0.4, -0.2) is 45.6 Å². The molecule has 2 aromatic carbocycles. The smallest absolute Gasteiger partial charge is 0.243 e. The lowest BCUT2D eigenvalue weighted by atomic mass is 9.98. The lowest BCUT2D eigenvalue weighted by molar-refractivity contribution is -0.126. The molecule has 2 aromatic rings. The Kier molecular flexibility index (Phi) is 6.06. The van der Waals surface area contributed by atoms with E-state index in [0.717, 1.165) is 11.1 Å². The third-order valence-corrected chi connectivity index (χ3v) is 7.52. The topological polar surface area (TPSA) is 94.2 Å². The second-order valence-corrected chi connectivity index (χ2v) is 9.68. The van der Waals surface area contributed by atoms with Crippen molar-refractivity contribution in [1.82, 2.24) is 9.62 Å². The minimum Gasteiger partial charge on any atom is -0.496 e. The van der Waals surface area contributed by atoms with Gasteiger partial charge in [0.05, 0.1) is 17.9 Å². The van der Waals surface area contributed by atoms with Crippen LogP contribution in [-0.2, 0) is 21.4 Å². The normalized spacial score (nSPS) is 18.6. The first-order valence-corrected chi connectivity index (χ1v) is 11.6. The van der Waals surface area contributed by atoms with Crippen LogP contribution in [0, 0.1) is 12.8 Å². The van der Waals surface area contributed by atoms with Gasteiger partial charge in [-0.3, -0.25) is 4.79 Å². The van der Waals surface area contributed by atoms with Gasteiger partial charge in [0.25, 0.3) is 0 Å². The van der Waals surface area contributed by atoms with Crippen molar-refractivity contribution in [3.05, 3.63) is 47.5 Å². The zero-order valence-corrected chi connectivity index (χ0v) is 18.4. The maximum atomic E-state index is 13.1. The fraction of sp³-hybridized carbons (Fsp3) is 0.409. The summed E-state index contributed by atoms with van der Waals surface area (Å²) in [5.74, 6) is 1.45. The Labute approximate surface area is 182 Å². The van der Waals surface area contributed by atoms with E-state index >= 15 is 0 Å². The molecule has 1 N–H and O–H groups in total. The Balaban J connectivity index is 1.40. The monoisotopic (exact) mass is 446 g/mol. The number of hydrogen-bond acceptors (Lipinski definition) is 6. The minimum absolute atomic E-state index is 0.150. The van der Waals surface area contributed by atoms with Crippen LogP contribution in [0.1, 0.15) is 24.0 Å². The molecule has 2 aliphatic heterocycles. The van der Waals surface area contributed by atoms with Crippen molar-refractivity contribution < 1.29 is 27.4 Å². The highest BCUT2D eigenvalue weighted by Crippen LogP contribution is 2.32. The Morgan fingerprint density at radius 3 is 2.77 bits per heavy atom. The van der Waals surface area contributed by atoms with E-state index in [0.29, 0.717) is 43.2 Å². The van der Waals surface area contributed by atoms with Crippen LogP contribution in [0.5, 0.6) is 17.2 Å². The van der Waals surface area contributed by atoms with Gasteiger partial charge < -0.3 is 19.5 Å². The molecule has 0 saturated carbocycles. The summed E-state index contributed by atoms with van der Waals surface area (Å²) in [6.45, 7) is 2.92. The summed E-state index contributed by atoms with van der Waals surface area (Å²) >= 11 is 0. The van der Waals surface area contributed by atoms with Crippen molar-refractivity contribution >= 4 is 15.9 Å². The van der Waals surface area contributed by atoms with E-state index in [1.807, 2.05) is 18.2 Å². The minimum atomic E-state index is -3.68. The number of sulfonamides is 1. The molecule has 2 aliphatic rings. The van der Waals surface area contributed by atoms with Crippen LogP contribution in [0.15, 0.2) is 41.3 Å². The quantitative estimate of drug-likeness (QED) is 0.733. The Hall–Kier alpha value is -2.78. The number of carbonyl (C=O) groups is 1. The number of rotatable bonds is 6. The third kappa shape index (κ3) is 4.47. The SMILES string of the molecule is COc1ccc(S(=O)(=O)N2CCC[C@H](C(=O)NCc3ccc4c(c3)OCO4)C2)cc1C. The van der Waals surface area contributed by atoms with E-state index in [1.165, 1.54) is 4.31 Å². The van der Waals surface area contributed by atoms with Crippen molar-refractivity contribution in [1.29, 1.82) is 0 Å². The lowest BCUT2D eigenvalue weighted by Crippen LogP contribution is -2.45. The molecular formula is C22H26N2O6S. The molecule has 0 aliphatic carbocycles. The highest BCUT2D eigenvalue weighted by atomic mass is 32.2. The number of hydrogen-bond donors (Lipinski definition) is 1. The molecule has 0 unspecified atom stereocenters. The second-order valence-electron chi connectivity index (χ2n) is 7.74. The molecule has 0 aromatic heterocycles. The van der Waals surface area contributed by atoms with E-state index in [2.05, 4.69) is 5.32 Å². The molecular weight excluding hydrogens is 420 g/mol. The largest absolute Gasteiger partial charge is 0.496 e. The first-order chi connectivity index (χ1) is 14.9. The summed E-state index contributed by atoms with van der Waals surface area (Å²) in [7, 11) is -2.13. The van der Waals surface area contributed by atoms with Crippen LogP contribution in [0.3, 0.4) is 0 Å². The predicted molar refractivity (Wildman–Crippen MR) is 114 cm³/mol. The van der Waals surface area contributed by atoms with Gasteiger partial charge >= 0.3 is 0 Å². The van der Waals surface area contributed by atoms with Crippen LogP contribution in [0.4, 0.5) is 0 Å². The van der Waals surface area contributed by atoms with Gasteiger partial charge in [0.2, 0.25) is 22.7 Å². The molecule has 4 rings (SSSR count). The van der Waals surface area contributed by atoms with Crippen molar-refractivity contribution in [2.24, 2.45) is 5.92 Å². The van der Waals surface area contributed by atoms with Gasteiger partial charge in [-0.05, 0) is 61.2 Å². The molecule has 9 heteroatoms. The van der Waals surface area contributed by atoms with Gasteiger partial charge in [0.15, 0.2) is 11.5 Å². The molecule has 166 valence electrons. The van der Waals surface area contributed by atoms with E-state index < -0.39 is 15.9 Å². The van der Waals surface area contributed by atoms with Gasteiger partial charge in [-0.1, -0.05) is 6.07 Å². The summed E-state index contributed by atoms with van der Waals surface area (Å²) in [6.07, 6.45) is 1.29. The van der Waals surface area contributed by atoms with Crippen molar-refractivity contribution in [3.63, 3.8) is 0 Å². The van der Waals surface area contributed by atoms with Gasteiger partial charge in [-0.25, -0.2) is 8.42 Å². The Bertz CT molecular complexity index is 1090. The van der Waals surface area contributed by atoms with Gasteiger partial charge in [0.1, 0.15) is 5.75 Å². The molecule has 1 fully saturated rings. The van der Waals surface area contributed by atoms with Crippen molar-refractivity contribution in [2.75, 3.05) is 27.0 Å². The number of methoxy groups -OCH3 is 1. The van der Waals surface area contributed by atoms with Crippen LogP contribution >= 0.6 is 0 Å². The van der Waals surface area contributed by atoms with Crippen molar-refractivity contribution in [2.45, 2.75) is 31.2 Å². The number of ether oxygens (including phenoxy) is 3. The molecule has 0 spiro atoms. The Morgan fingerprint density at radius 1 is 1.19 bits per heavy atom. The highest BCUT2D eigenvalue weighted by Gasteiger charge is 2.33. The molecule has 0 bridgehead atoms. The average Bonchev–Trinajstić information content (AvgIpc) is 3.25. The standard InChI is InChI=1S/C22H26N2O6S/c1-15-10-18(6-8-19(15)28-2)31(26,27)24-9-3-4-17(13-24)22(25)23-12-16-5-7-20-21(11-16)30-14-29-20/h5-8,10-11,17H,3-4,9,12-14H2,1-2H3,(H,23,25)/t17-/m0/s1. The van der Waals surface area contributed by atoms with Crippen LogP contribution < -0.4 is 19.5 Å². The predicted octanol–water partition coefficient (Wildman–Crippen LogP) is 2.45. The number of carbonyl (C=O) groups excluding carboxylic acids is 1. The summed E-state index contributed by atoms with van der Waals surface area (Å²) in [6, 6.07) is 10.3. The van der Waals surface area contributed by atoms with Crippen molar-refractivity contribution in [3.8, 4) is 17.2 Å². The summed E-state index contributed by atoms with van der Waals surface area (Å²) in [5.41, 5.74) is 1.64. The summed E-state index contributed by atoms with van der Waals surface area (Å²) in [4.78, 5) is 13.0. The lowest BCUT2D eigenvalue weighted by Gasteiger charge is -2.31. The van der Waals surface area contributed by atoms with Gasteiger partial charge in [-0.2, -0.15) is 4.31 Å². The first kappa shape index (κ1) is 21.5. The zero-order chi connectivity index (χ0) is 22.0. The number of benzene rings is 2. The van der Waals surface area contributed by atoms with Gasteiger partial charge in [0, 0.05) is 19.6 Å². The fourth-order valence-corrected chi connectivity index (χ4v) is 5.53. The van der Waals surface area contributed by atoms with E-state index in [-0.39, 0.29) is 24.1 Å². The molecule has 1 amide bonds. The van der Waals surface area contributed by atoms with E-state index in [1.54, 1.807) is 32.2 Å². The fourth-order valence-electron chi connectivity index (χ4n) is 3.92. The third-order valence-electron chi connectivity index (χ3n) is 5.66. The second kappa shape index (κ2) is 8.76. The molecule has 1 atom stereocenters. The average molecular weight is 447 g/mol. The first-order valence-electron chi connectivity index (χ1n) is 10.2. The summed E-state index contributed by atoms with van der Waals surface area (Å²) in [5, 5.41) is 2.92. The molecule has 31 heavy (non-hydrogen) atoms. The van der Waals surface area contributed by atoms with E-state index in [4.69, 9.17) is 14.2 Å². The number of aryl methyl sites for hydroxylation is 1. The maximum Gasteiger partial charge on any atom is 0.243 e. The number of nitrogens with one attached hydrogen (secondary N) is 1. The molecule has 8 nitrogen and oxygen atoms in total.